The summed E-state index contributed by atoms with van der Waals surface area (Å²) in [7, 11) is -3.31. The Bertz CT molecular complexity index is 1680. The topological polar surface area (TPSA) is 138 Å². The molecule has 4 aromatic heterocycles. The third kappa shape index (κ3) is 5.05. The summed E-state index contributed by atoms with van der Waals surface area (Å²) in [5.74, 6) is 1.51. The van der Waals surface area contributed by atoms with Crippen LogP contribution in [0, 0.1) is 0 Å². The summed E-state index contributed by atoms with van der Waals surface area (Å²) in [6.45, 7) is 3.43. The second-order valence-electron chi connectivity index (χ2n) is 8.72. The van der Waals surface area contributed by atoms with Crippen molar-refractivity contribution in [1.82, 2.24) is 25.1 Å². The predicted octanol–water partition coefficient (Wildman–Crippen LogP) is 3.45. The van der Waals surface area contributed by atoms with Crippen molar-refractivity contribution in [3.05, 3.63) is 53.8 Å². The van der Waals surface area contributed by atoms with Crippen LogP contribution >= 0.6 is 11.3 Å². The minimum atomic E-state index is -3.31. The maximum absolute atomic E-state index is 11.4. The van der Waals surface area contributed by atoms with Gasteiger partial charge in [0, 0.05) is 53.0 Å². The Morgan fingerprint density at radius 2 is 1.86 bits per heavy atom. The van der Waals surface area contributed by atoms with E-state index in [1.165, 1.54) is 0 Å². The van der Waals surface area contributed by atoms with Crippen molar-refractivity contribution in [2.75, 3.05) is 47.5 Å². The molecular weight excluding hydrogens is 512 g/mol. The fourth-order valence-corrected chi connectivity index (χ4v) is 5.88. The third-order valence-electron chi connectivity index (χ3n) is 5.98. The van der Waals surface area contributed by atoms with Crippen molar-refractivity contribution in [2.24, 2.45) is 0 Å². The molecule has 0 aliphatic carbocycles. The Labute approximate surface area is 217 Å². The number of anilines is 3. The van der Waals surface area contributed by atoms with E-state index in [1.54, 1.807) is 42.1 Å². The van der Waals surface area contributed by atoms with Gasteiger partial charge in [-0.3, -0.25) is 14.8 Å². The van der Waals surface area contributed by atoms with E-state index in [1.807, 2.05) is 12.1 Å². The van der Waals surface area contributed by atoms with Gasteiger partial charge in [0.15, 0.2) is 11.6 Å². The van der Waals surface area contributed by atoms with Crippen LogP contribution in [-0.2, 0) is 21.3 Å². The van der Waals surface area contributed by atoms with Crippen LogP contribution in [0.5, 0.6) is 0 Å². The molecular formula is C24H24N8O3S2. The van der Waals surface area contributed by atoms with Gasteiger partial charge in [0.2, 0.25) is 10.0 Å². The number of hydrogen-bond acceptors (Lipinski definition) is 10. The Kier molecular flexibility index (Phi) is 6.10. The van der Waals surface area contributed by atoms with Gasteiger partial charge in [0.1, 0.15) is 0 Å². The van der Waals surface area contributed by atoms with Crippen LogP contribution in [0.2, 0.25) is 0 Å². The van der Waals surface area contributed by atoms with E-state index in [9.17, 15) is 8.42 Å². The number of benzene rings is 1. The molecule has 0 unspecified atom stereocenters. The second-order valence-corrected chi connectivity index (χ2v) is 11.6. The second kappa shape index (κ2) is 9.57. The average molecular weight is 537 g/mol. The van der Waals surface area contributed by atoms with Crippen molar-refractivity contribution in [1.29, 1.82) is 0 Å². The van der Waals surface area contributed by atoms with Gasteiger partial charge in [-0.2, -0.15) is 5.10 Å². The molecule has 1 aromatic carbocycles. The van der Waals surface area contributed by atoms with Gasteiger partial charge in [-0.25, -0.2) is 18.4 Å². The van der Waals surface area contributed by atoms with Crippen LogP contribution in [0.15, 0.2) is 48.9 Å². The molecule has 0 spiro atoms. The lowest BCUT2D eigenvalue weighted by Crippen LogP contribution is -2.36. The SMILES string of the molecule is CS(=O)(=O)Nc1ccc(NCc2cc3nc(-c4cncc5[nH]ncc45)nc(N4CCOCC4)c3s2)cc1. The van der Waals surface area contributed by atoms with Crippen molar-refractivity contribution in [2.45, 2.75) is 6.54 Å². The fourth-order valence-electron chi connectivity index (χ4n) is 4.26. The summed E-state index contributed by atoms with van der Waals surface area (Å²) in [6, 6.07) is 9.23. The van der Waals surface area contributed by atoms with Crippen molar-refractivity contribution < 1.29 is 13.2 Å². The van der Waals surface area contributed by atoms with E-state index in [0.717, 1.165) is 62.4 Å². The molecule has 1 aliphatic rings. The number of pyridine rings is 1. The minimum Gasteiger partial charge on any atom is -0.380 e. The highest BCUT2D eigenvalue weighted by molar-refractivity contribution is 7.92. The summed E-state index contributed by atoms with van der Waals surface area (Å²) in [5.41, 5.74) is 3.95. The molecule has 0 radical (unpaired) electrons. The number of nitrogens with zero attached hydrogens (tertiary/aromatic N) is 5. The van der Waals surface area contributed by atoms with Gasteiger partial charge in [0.25, 0.3) is 0 Å². The lowest BCUT2D eigenvalue weighted by Gasteiger charge is -2.28. The molecule has 1 fully saturated rings. The van der Waals surface area contributed by atoms with E-state index in [2.05, 4.69) is 36.2 Å². The number of hydrogen-bond donors (Lipinski definition) is 3. The van der Waals surface area contributed by atoms with Gasteiger partial charge in [-0.15, -0.1) is 11.3 Å². The van der Waals surface area contributed by atoms with Crippen LogP contribution in [0.4, 0.5) is 17.2 Å². The van der Waals surface area contributed by atoms with E-state index in [4.69, 9.17) is 14.7 Å². The first-order chi connectivity index (χ1) is 17.9. The number of aromatic nitrogens is 5. The zero-order valence-corrected chi connectivity index (χ0v) is 21.6. The molecule has 5 heterocycles. The number of morpholine rings is 1. The summed E-state index contributed by atoms with van der Waals surface area (Å²) in [4.78, 5) is 17.6. The first kappa shape index (κ1) is 23.6. The van der Waals surface area contributed by atoms with Crippen molar-refractivity contribution in [3.63, 3.8) is 0 Å². The van der Waals surface area contributed by atoms with Crippen LogP contribution in [-0.4, -0.2) is 66.1 Å². The molecule has 11 nitrogen and oxygen atoms in total. The number of thiophene rings is 1. The summed E-state index contributed by atoms with van der Waals surface area (Å²) in [5, 5.41) is 11.4. The highest BCUT2D eigenvalue weighted by Crippen LogP contribution is 2.36. The van der Waals surface area contributed by atoms with Gasteiger partial charge >= 0.3 is 0 Å². The molecule has 0 saturated carbocycles. The fraction of sp³-hybridized carbons (Fsp3) is 0.250. The Balaban J connectivity index is 1.32. The van der Waals surface area contributed by atoms with E-state index in [0.29, 0.717) is 31.3 Å². The molecule has 0 bridgehead atoms. The van der Waals surface area contributed by atoms with Crippen molar-refractivity contribution in [3.8, 4) is 11.4 Å². The van der Waals surface area contributed by atoms with E-state index in [-0.39, 0.29) is 0 Å². The maximum atomic E-state index is 11.4. The normalized spacial score (nSPS) is 14.4. The number of H-pyrrole nitrogens is 1. The third-order valence-corrected chi connectivity index (χ3v) is 7.70. The Hall–Kier alpha value is -3.81. The smallest absolute Gasteiger partial charge is 0.229 e. The maximum Gasteiger partial charge on any atom is 0.229 e. The van der Waals surface area contributed by atoms with Crippen LogP contribution in [0.3, 0.4) is 0 Å². The molecule has 3 N–H and O–H groups in total. The minimum absolute atomic E-state index is 0.523. The number of rotatable bonds is 7. The summed E-state index contributed by atoms with van der Waals surface area (Å²) >= 11 is 1.66. The molecule has 0 amide bonds. The van der Waals surface area contributed by atoms with Crippen LogP contribution < -0.4 is 14.9 Å². The van der Waals surface area contributed by atoms with Gasteiger partial charge in [-0.05, 0) is 30.3 Å². The quantitative estimate of drug-likeness (QED) is 0.285. The first-order valence-corrected chi connectivity index (χ1v) is 14.4. The number of ether oxygens (including phenoxy) is 1. The molecule has 0 atom stereocenters. The molecule has 37 heavy (non-hydrogen) atoms. The zero-order valence-electron chi connectivity index (χ0n) is 19.9. The molecule has 6 rings (SSSR count). The van der Waals surface area contributed by atoms with Crippen molar-refractivity contribution >= 4 is 59.7 Å². The molecule has 13 heteroatoms. The summed E-state index contributed by atoms with van der Waals surface area (Å²) < 4.78 is 31.9. The largest absolute Gasteiger partial charge is 0.380 e. The number of fused-ring (bicyclic) bond motifs is 2. The van der Waals surface area contributed by atoms with Crippen LogP contribution in [0.25, 0.3) is 32.5 Å². The lowest BCUT2D eigenvalue weighted by atomic mass is 10.2. The monoisotopic (exact) mass is 536 g/mol. The molecule has 190 valence electrons. The van der Waals surface area contributed by atoms with E-state index >= 15 is 0 Å². The highest BCUT2D eigenvalue weighted by Gasteiger charge is 2.21. The van der Waals surface area contributed by atoms with E-state index < -0.39 is 10.0 Å². The zero-order chi connectivity index (χ0) is 25.4. The number of aromatic amines is 1. The Morgan fingerprint density at radius 1 is 1.08 bits per heavy atom. The lowest BCUT2D eigenvalue weighted by molar-refractivity contribution is 0.122. The Morgan fingerprint density at radius 3 is 2.65 bits per heavy atom. The molecule has 5 aromatic rings. The number of sulfonamides is 1. The predicted molar refractivity (Wildman–Crippen MR) is 146 cm³/mol. The van der Waals surface area contributed by atoms with Crippen LogP contribution in [0.1, 0.15) is 4.88 Å². The molecule has 1 saturated heterocycles. The highest BCUT2D eigenvalue weighted by atomic mass is 32.2. The first-order valence-electron chi connectivity index (χ1n) is 11.7. The van der Waals surface area contributed by atoms with Gasteiger partial charge < -0.3 is 15.0 Å². The standard InChI is InChI=1S/C24H24N8O3S2/c1-37(33,34)31-16-4-2-15(3-5-16)26-11-17-10-20-22(36-17)24(32-6-8-35-9-7-32)29-23(28-20)19-12-25-14-21-18(19)13-27-30-21/h2-5,10,12-14,26,31H,6-9,11H2,1H3,(H,27,30). The van der Waals surface area contributed by atoms with Gasteiger partial charge in [-0.1, -0.05) is 0 Å². The average Bonchev–Trinajstić information content (AvgIpc) is 3.54. The van der Waals surface area contributed by atoms with Gasteiger partial charge in [0.05, 0.1) is 47.6 Å². The summed E-state index contributed by atoms with van der Waals surface area (Å²) in [6.07, 6.45) is 6.42. The molecule has 1 aliphatic heterocycles. The number of nitrogens with one attached hydrogen (secondary N) is 3.